The van der Waals surface area contributed by atoms with Crippen molar-refractivity contribution in [2.45, 2.75) is 24.0 Å². The zero-order valence-corrected chi connectivity index (χ0v) is 18.9. The molecule has 2 aromatic carbocycles. The summed E-state index contributed by atoms with van der Waals surface area (Å²) in [6.07, 6.45) is 0.786. The number of aromatic carboxylic acids is 2. The molecule has 2 saturated heterocycles. The number of carbonyl (C=O) groups excluding carboxylic acids is 2. The van der Waals surface area contributed by atoms with Crippen LogP contribution in [-0.2, 0) is 19.1 Å². The van der Waals surface area contributed by atoms with E-state index in [-0.39, 0.29) is 35.8 Å². The molecular formula is C26H22O10. The molecule has 2 aromatic rings. The molecule has 0 amide bonds. The smallest absolute Gasteiger partial charge is 0.335 e. The molecule has 0 spiro atoms. The van der Waals surface area contributed by atoms with E-state index in [0.29, 0.717) is 11.1 Å². The zero-order valence-electron chi connectivity index (χ0n) is 18.9. The van der Waals surface area contributed by atoms with Gasteiger partial charge in [0, 0.05) is 24.0 Å². The van der Waals surface area contributed by atoms with Gasteiger partial charge in [0.05, 0.1) is 36.5 Å². The monoisotopic (exact) mass is 494 g/mol. The van der Waals surface area contributed by atoms with Crippen LogP contribution in [0.1, 0.15) is 43.7 Å². The summed E-state index contributed by atoms with van der Waals surface area (Å²) in [5, 5.41) is 19.4. The van der Waals surface area contributed by atoms with Crippen LogP contribution in [0.3, 0.4) is 0 Å². The molecule has 0 bridgehead atoms. The Bertz CT molecular complexity index is 1170. The third-order valence-corrected chi connectivity index (χ3v) is 6.13. The van der Waals surface area contributed by atoms with Gasteiger partial charge in [0.1, 0.15) is 11.5 Å². The lowest BCUT2D eigenvalue weighted by Crippen LogP contribution is -2.26. The van der Waals surface area contributed by atoms with E-state index in [4.69, 9.17) is 18.9 Å². The standard InChI is InChI=1S/C26H22O10/c1-3-21(27)35-13-5-7-15(25(29)30)17(9-13)19-11-33-24-20(12-34-23(19)24)18-10-14(36-22(28)4-2)6-8-16(18)26(31)32/h3-10,19-20,23-24H,1-2,11-12H2,(H,29,30)(H,31,32)/t19-,20-,23+,24+/m0/s1. The van der Waals surface area contributed by atoms with Crippen molar-refractivity contribution < 1.29 is 48.3 Å². The Morgan fingerprint density at radius 1 is 0.750 bits per heavy atom. The molecule has 10 nitrogen and oxygen atoms in total. The van der Waals surface area contributed by atoms with E-state index >= 15 is 0 Å². The topological polar surface area (TPSA) is 146 Å². The van der Waals surface area contributed by atoms with Crippen molar-refractivity contribution >= 4 is 23.9 Å². The Morgan fingerprint density at radius 3 is 1.47 bits per heavy atom. The summed E-state index contributed by atoms with van der Waals surface area (Å²) >= 11 is 0. The normalized spacial score (nSPS) is 22.3. The summed E-state index contributed by atoms with van der Waals surface area (Å²) in [6, 6.07) is 8.32. The highest BCUT2D eigenvalue weighted by Gasteiger charge is 2.50. The predicted octanol–water partition coefficient (Wildman–Crippen LogP) is 2.93. The fourth-order valence-corrected chi connectivity index (χ4v) is 4.56. The van der Waals surface area contributed by atoms with Gasteiger partial charge in [-0.25, -0.2) is 19.2 Å². The summed E-state index contributed by atoms with van der Waals surface area (Å²) < 4.78 is 22.3. The quantitative estimate of drug-likeness (QED) is 0.319. The number of carbonyl (C=O) groups is 4. The van der Waals surface area contributed by atoms with Crippen LogP contribution in [0.25, 0.3) is 0 Å². The van der Waals surface area contributed by atoms with Crippen LogP contribution in [0.5, 0.6) is 11.5 Å². The summed E-state index contributed by atoms with van der Waals surface area (Å²) in [5.41, 5.74) is 0.716. The molecule has 2 aliphatic heterocycles. The van der Waals surface area contributed by atoms with Crippen molar-refractivity contribution in [3.8, 4) is 11.5 Å². The second kappa shape index (κ2) is 10.1. The van der Waals surface area contributed by atoms with Crippen LogP contribution in [0.2, 0.25) is 0 Å². The fraction of sp³-hybridized carbons (Fsp3) is 0.231. The van der Waals surface area contributed by atoms with Gasteiger partial charge in [-0.05, 0) is 47.5 Å². The molecule has 36 heavy (non-hydrogen) atoms. The van der Waals surface area contributed by atoms with Gasteiger partial charge in [0.15, 0.2) is 0 Å². The number of esters is 2. The number of rotatable bonds is 8. The van der Waals surface area contributed by atoms with Gasteiger partial charge in [0.25, 0.3) is 0 Å². The second-order valence-corrected chi connectivity index (χ2v) is 8.17. The predicted molar refractivity (Wildman–Crippen MR) is 123 cm³/mol. The summed E-state index contributed by atoms with van der Waals surface area (Å²) in [4.78, 5) is 47.0. The lowest BCUT2D eigenvalue weighted by atomic mass is 9.85. The maximum Gasteiger partial charge on any atom is 0.335 e. The molecule has 2 fully saturated rings. The minimum absolute atomic E-state index is 0.000683. The molecule has 4 atom stereocenters. The first kappa shape index (κ1) is 24.8. The first-order valence-electron chi connectivity index (χ1n) is 10.9. The Labute approximate surface area is 205 Å². The zero-order chi connectivity index (χ0) is 26.0. The van der Waals surface area contributed by atoms with Crippen LogP contribution in [0.4, 0.5) is 0 Å². The molecule has 0 aliphatic carbocycles. The number of ether oxygens (including phenoxy) is 4. The third-order valence-electron chi connectivity index (χ3n) is 6.13. The van der Waals surface area contributed by atoms with Crippen LogP contribution in [0, 0.1) is 0 Å². The number of carboxylic acid groups (broad SMARTS) is 2. The van der Waals surface area contributed by atoms with E-state index in [2.05, 4.69) is 13.2 Å². The Kier molecular flexibility index (Phi) is 7.00. The van der Waals surface area contributed by atoms with Gasteiger partial charge < -0.3 is 29.2 Å². The largest absolute Gasteiger partial charge is 0.478 e. The fourth-order valence-electron chi connectivity index (χ4n) is 4.56. The highest BCUT2D eigenvalue weighted by atomic mass is 16.6. The summed E-state index contributed by atoms with van der Waals surface area (Å²) in [7, 11) is 0. The Morgan fingerprint density at radius 2 is 1.14 bits per heavy atom. The van der Waals surface area contributed by atoms with E-state index in [1.807, 2.05) is 0 Å². The highest BCUT2D eigenvalue weighted by Crippen LogP contribution is 2.46. The van der Waals surface area contributed by atoms with Crippen LogP contribution < -0.4 is 9.47 Å². The molecule has 2 aliphatic rings. The molecule has 0 saturated carbocycles. The van der Waals surface area contributed by atoms with Crippen LogP contribution in [0.15, 0.2) is 61.7 Å². The number of benzene rings is 2. The van der Waals surface area contributed by atoms with Gasteiger partial charge in [-0.3, -0.25) is 0 Å². The minimum atomic E-state index is -1.17. The lowest BCUT2D eigenvalue weighted by Gasteiger charge is -2.20. The molecule has 0 radical (unpaired) electrons. The molecule has 0 aromatic heterocycles. The van der Waals surface area contributed by atoms with Crippen molar-refractivity contribution in [1.29, 1.82) is 0 Å². The van der Waals surface area contributed by atoms with Crippen LogP contribution in [-0.4, -0.2) is 59.5 Å². The third kappa shape index (κ3) is 4.77. The van der Waals surface area contributed by atoms with Gasteiger partial charge in [0.2, 0.25) is 0 Å². The number of fused-ring (bicyclic) bond motifs is 1. The van der Waals surface area contributed by atoms with Crippen molar-refractivity contribution in [3.05, 3.63) is 84.0 Å². The highest BCUT2D eigenvalue weighted by molar-refractivity contribution is 5.91. The molecule has 2 N–H and O–H groups in total. The molecule has 4 rings (SSSR count). The molecule has 2 heterocycles. The number of hydrogen-bond donors (Lipinski definition) is 2. The average molecular weight is 494 g/mol. The van der Waals surface area contributed by atoms with Crippen molar-refractivity contribution in [3.63, 3.8) is 0 Å². The SMILES string of the molecule is C=CC(=O)Oc1ccc(C(=O)O)c([C@@H]2CO[C@H]3[C@@H]2OC[C@H]3c2cc(OC(=O)C=C)ccc2C(=O)O)c1. The van der Waals surface area contributed by atoms with Gasteiger partial charge in [-0.15, -0.1) is 0 Å². The van der Waals surface area contributed by atoms with E-state index in [1.165, 1.54) is 36.4 Å². The maximum absolute atomic E-state index is 11.9. The second-order valence-electron chi connectivity index (χ2n) is 8.17. The van der Waals surface area contributed by atoms with E-state index < -0.39 is 47.9 Å². The average Bonchev–Trinajstić information content (AvgIpc) is 3.45. The minimum Gasteiger partial charge on any atom is -0.478 e. The van der Waals surface area contributed by atoms with Gasteiger partial charge in [-0.1, -0.05) is 13.2 Å². The van der Waals surface area contributed by atoms with E-state index in [9.17, 15) is 29.4 Å². The van der Waals surface area contributed by atoms with Crippen molar-refractivity contribution in [2.75, 3.05) is 13.2 Å². The summed E-state index contributed by atoms with van der Waals surface area (Å²) in [6.45, 7) is 6.88. The lowest BCUT2D eigenvalue weighted by molar-refractivity contribution is -0.129. The molecular weight excluding hydrogens is 472 g/mol. The summed E-state index contributed by atoms with van der Waals surface area (Å²) in [5.74, 6) is -4.50. The first-order chi connectivity index (χ1) is 17.2. The first-order valence-corrected chi connectivity index (χ1v) is 10.9. The van der Waals surface area contributed by atoms with E-state index in [1.54, 1.807) is 0 Å². The number of carboxylic acids is 2. The molecule has 10 heteroatoms. The maximum atomic E-state index is 11.9. The van der Waals surface area contributed by atoms with Gasteiger partial charge >= 0.3 is 23.9 Å². The molecule has 0 unspecified atom stereocenters. The van der Waals surface area contributed by atoms with Crippen molar-refractivity contribution in [2.24, 2.45) is 0 Å². The molecule has 186 valence electrons. The van der Waals surface area contributed by atoms with E-state index in [0.717, 1.165) is 12.2 Å². The Balaban J connectivity index is 1.67. The van der Waals surface area contributed by atoms with Crippen molar-refractivity contribution in [1.82, 2.24) is 0 Å². The Hall–Kier alpha value is -4.28. The van der Waals surface area contributed by atoms with Crippen LogP contribution >= 0.6 is 0 Å². The number of hydrogen-bond acceptors (Lipinski definition) is 8. The van der Waals surface area contributed by atoms with Gasteiger partial charge in [-0.2, -0.15) is 0 Å².